The van der Waals surface area contributed by atoms with Crippen molar-refractivity contribution in [2.45, 2.75) is 33.0 Å². The fourth-order valence-electron chi connectivity index (χ4n) is 3.79. The molecule has 158 valence electrons. The molecule has 0 radical (unpaired) electrons. The molecule has 1 aliphatic heterocycles. The summed E-state index contributed by atoms with van der Waals surface area (Å²) in [5.74, 6) is 1.58. The van der Waals surface area contributed by atoms with Gasteiger partial charge in [-0.25, -0.2) is 0 Å². The summed E-state index contributed by atoms with van der Waals surface area (Å²) in [7, 11) is 0. The maximum Gasteiger partial charge on any atom is 0.387 e. The van der Waals surface area contributed by atoms with Gasteiger partial charge in [0.25, 0.3) is 0 Å². The molecule has 5 nitrogen and oxygen atoms in total. The zero-order valence-corrected chi connectivity index (χ0v) is 16.9. The van der Waals surface area contributed by atoms with Crippen LogP contribution in [0, 0.1) is 0 Å². The van der Waals surface area contributed by atoms with Crippen LogP contribution >= 0.6 is 0 Å². The highest BCUT2D eigenvalue weighted by atomic mass is 19.3. The van der Waals surface area contributed by atoms with Crippen molar-refractivity contribution in [2.75, 3.05) is 13.2 Å². The van der Waals surface area contributed by atoms with Crippen LogP contribution in [0.2, 0.25) is 0 Å². The van der Waals surface area contributed by atoms with E-state index in [0.29, 0.717) is 25.5 Å². The molecule has 30 heavy (non-hydrogen) atoms. The lowest BCUT2D eigenvalue weighted by Crippen LogP contribution is -2.21. The van der Waals surface area contributed by atoms with Crippen LogP contribution in [0.15, 0.2) is 54.7 Å². The van der Waals surface area contributed by atoms with E-state index in [9.17, 15) is 8.78 Å². The van der Waals surface area contributed by atoms with E-state index < -0.39 is 6.61 Å². The predicted molar refractivity (Wildman–Crippen MR) is 110 cm³/mol. The van der Waals surface area contributed by atoms with Crippen LogP contribution in [0.1, 0.15) is 36.7 Å². The van der Waals surface area contributed by atoms with Crippen molar-refractivity contribution in [3.05, 3.63) is 71.5 Å². The second-order valence-electron chi connectivity index (χ2n) is 6.86. The van der Waals surface area contributed by atoms with E-state index in [2.05, 4.69) is 14.6 Å². The van der Waals surface area contributed by atoms with Crippen molar-refractivity contribution in [1.29, 1.82) is 0 Å². The summed E-state index contributed by atoms with van der Waals surface area (Å²) in [6.45, 7) is 2.77. The molecule has 0 fully saturated rings. The molecule has 2 aromatic carbocycles. The van der Waals surface area contributed by atoms with Crippen molar-refractivity contribution in [2.24, 2.45) is 0 Å². The Kier molecular flexibility index (Phi) is 5.90. The number of benzene rings is 2. The van der Waals surface area contributed by atoms with Crippen LogP contribution < -0.4 is 19.5 Å². The van der Waals surface area contributed by atoms with Gasteiger partial charge < -0.3 is 24.1 Å². The fourth-order valence-corrected chi connectivity index (χ4v) is 3.79. The number of hydrogen-bond acceptors (Lipinski definition) is 4. The highest BCUT2D eigenvalue weighted by Gasteiger charge is 2.25. The van der Waals surface area contributed by atoms with E-state index in [-0.39, 0.29) is 11.8 Å². The lowest BCUT2D eigenvalue weighted by atomic mass is 10.0. The van der Waals surface area contributed by atoms with Crippen LogP contribution in [-0.2, 0) is 6.54 Å². The van der Waals surface area contributed by atoms with E-state index >= 15 is 0 Å². The van der Waals surface area contributed by atoms with Crippen molar-refractivity contribution in [1.82, 2.24) is 9.88 Å². The molecule has 0 aliphatic carbocycles. The van der Waals surface area contributed by atoms with Crippen molar-refractivity contribution >= 4 is 0 Å². The first-order valence-corrected chi connectivity index (χ1v) is 9.99. The average molecular weight is 414 g/mol. The minimum Gasteiger partial charge on any atom is -0.490 e. The first-order chi connectivity index (χ1) is 14.6. The number of alkyl halides is 2. The summed E-state index contributed by atoms with van der Waals surface area (Å²) < 4.78 is 43.1. The van der Waals surface area contributed by atoms with Crippen LogP contribution in [0.4, 0.5) is 8.78 Å². The quantitative estimate of drug-likeness (QED) is 0.586. The largest absolute Gasteiger partial charge is 0.490 e. The van der Waals surface area contributed by atoms with Crippen LogP contribution in [0.25, 0.3) is 5.69 Å². The Morgan fingerprint density at radius 1 is 1.03 bits per heavy atom. The molecule has 0 amide bonds. The number of aromatic nitrogens is 1. The van der Waals surface area contributed by atoms with Crippen LogP contribution in [-0.4, -0.2) is 24.4 Å². The second kappa shape index (κ2) is 8.75. The Bertz CT molecular complexity index is 1000. The molecule has 1 aliphatic rings. The predicted octanol–water partition coefficient (Wildman–Crippen LogP) is 5.07. The molecule has 2 heterocycles. The molecule has 3 aromatic rings. The molecule has 0 saturated carbocycles. The van der Waals surface area contributed by atoms with Gasteiger partial charge in [-0.3, -0.25) is 0 Å². The Morgan fingerprint density at radius 3 is 2.40 bits per heavy atom. The highest BCUT2D eigenvalue weighted by Crippen LogP contribution is 2.37. The number of hydrogen-bond donors (Lipinski definition) is 1. The summed E-state index contributed by atoms with van der Waals surface area (Å²) in [6.07, 6.45) is 2.01. The number of halogens is 2. The zero-order chi connectivity index (χ0) is 21.1. The van der Waals surface area contributed by atoms with Gasteiger partial charge in [0.15, 0.2) is 11.5 Å². The lowest BCUT2D eigenvalue weighted by Gasteiger charge is -2.18. The molecule has 1 atom stereocenters. The van der Waals surface area contributed by atoms with Gasteiger partial charge in [-0.05, 0) is 55.3 Å². The topological polar surface area (TPSA) is 44.7 Å². The van der Waals surface area contributed by atoms with Crippen LogP contribution in [0.3, 0.4) is 0 Å². The average Bonchev–Trinajstić information content (AvgIpc) is 3.15. The van der Waals surface area contributed by atoms with E-state index in [1.165, 1.54) is 0 Å². The molecular formula is C23H24F2N2O3. The first kappa shape index (κ1) is 20.2. The molecule has 1 N–H and O–H groups in total. The monoisotopic (exact) mass is 414 g/mol. The number of rotatable bonds is 7. The number of nitrogens with zero attached hydrogens (tertiary/aromatic N) is 1. The fraction of sp³-hybridized carbons (Fsp3) is 0.304. The summed E-state index contributed by atoms with van der Waals surface area (Å²) in [5, 5.41) is 3.57. The molecule has 0 saturated heterocycles. The first-order valence-electron chi connectivity index (χ1n) is 9.99. The highest BCUT2D eigenvalue weighted by molar-refractivity contribution is 5.56. The van der Waals surface area contributed by atoms with Gasteiger partial charge in [0.05, 0.1) is 24.9 Å². The second-order valence-corrected chi connectivity index (χ2v) is 6.86. The maximum absolute atomic E-state index is 12.5. The summed E-state index contributed by atoms with van der Waals surface area (Å²) >= 11 is 0. The van der Waals surface area contributed by atoms with E-state index in [4.69, 9.17) is 9.47 Å². The molecule has 0 unspecified atom stereocenters. The Balaban J connectivity index is 1.72. The molecule has 7 heteroatoms. The minimum absolute atomic E-state index is 0.112. The number of fused-ring (bicyclic) bond motifs is 3. The zero-order valence-electron chi connectivity index (χ0n) is 16.9. The Morgan fingerprint density at radius 2 is 1.73 bits per heavy atom. The van der Waals surface area contributed by atoms with Crippen molar-refractivity contribution in [3.8, 4) is 22.9 Å². The molecular weight excluding hydrogens is 390 g/mol. The smallest absolute Gasteiger partial charge is 0.387 e. The summed E-state index contributed by atoms with van der Waals surface area (Å²) in [6, 6.07) is 14.7. The van der Waals surface area contributed by atoms with E-state index in [0.717, 1.165) is 28.3 Å². The Labute approximate surface area is 174 Å². The van der Waals surface area contributed by atoms with E-state index in [1.807, 2.05) is 44.3 Å². The third kappa shape index (κ3) is 3.98. The molecule has 0 spiro atoms. The van der Waals surface area contributed by atoms with Gasteiger partial charge in [0.1, 0.15) is 5.75 Å². The van der Waals surface area contributed by atoms with Gasteiger partial charge in [-0.2, -0.15) is 8.78 Å². The third-order valence-corrected chi connectivity index (χ3v) is 5.02. The standard InChI is InChI=1S/C23H24F2N2O3/c1-3-28-20-12-16-14-26-22(15-7-9-17(10-8-15)30-23(24)25)18-6-5-11-27(18)19(16)13-21(20)29-4-2/h5-13,22-23,26H,3-4,14H2,1-2H3/t22-/m1/s1. The summed E-state index contributed by atoms with van der Waals surface area (Å²) in [5.41, 5.74) is 4.11. The van der Waals surface area contributed by atoms with Crippen molar-refractivity contribution < 1.29 is 23.0 Å². The molecule has 1 aromatic heterocycles. The van der Waals surface area contributed by atoms with Crippen molar-refractivity contribution in [3.63, 3.8) is 0 Å². The van der Waals surface area contributed by atoms with Gasteiger partial charge in [-0.15, -0.1) is 0 Å². The van der Waals surface area contributed by atoms with Crippen LogP contribution in [0.5, 0.6) is 17.2 Å². The summed E-state index contributed by atoms with van der Waals surface area (Å²) in [4.78, 5) is 0. The SMILES string of the molecule is CCOc1cc2c(cc1OCC)-n1cccc1[C@@H](c1ccc(OC(F)F)cc1)NC2. The number of ether oxygens (including phenoxy) is 3. The van der Waals surface area contributed by atoms with Gasteiger partial charge >= 0.3 is 6.61 Å². The molecule has 4 rings (SSSR count). The lowest BCUT2D eigenvalue weighted by molar-refractivity contribution is -0.0498. The minimum atomic E-state index is -2.84. The van der Waals surface area contributed by atoms with E-state index in [1.54, 1.807) is 24.3 Å². The van der Waals surface area contributed by atoms with Gasteiger partial charge in [0, 0.05) is 24.5 Å². The van der Waals surface area contributed by atoms with Gasteiger partial charge in [0.2, 0.25) is 0 Å². The molecule has 0 bridgehead atoms. The maximum atomic E-state index is 12.5. The normalized spacial score (nSPS) is 15.3. The number of nitrogens with one attached hydrogen (secondary N) is 1. The Hall–Kier alpha value is -3.06. The van der Waals surface area contributed by atoms with Gasteiger partial charge in [-0.1, -0.05) is 12.1 Å². The third-order valence-electron chi connectivity index (χ3n) is 5.02.